The molecule has 1 aromatic heterocycles. The monoisotopic (exact) mass is 481 g/mol. The van der Waals surface area contributed by atoms with Gasteiger partial charge in [-0.1, -0.05) is 23.7 Å². The molecule has 3 amide bonds. The molecule has 2 heterocycles. The number of hydrogen-bond donors (Lipinski definition) is 1. The van der Waals surface area contributed by atoms with Crippen LogP contribution in [-0.2, 0) is 4.79 Å². The molecular weight excluding hydrogens is 457 g/mol. The van der Waals surface area contributed by atoms with E-state index in [0.717, 1.165) is 11.3 Å². The Morgan fingerprint density at radius 3 is 2.38 bits per heavy atom. The minimum absolute atomic E-state index is 0.163. The zero-order valence-corrected chi connectivity index (χ0v) is 19.7. The summed E-state index contributed by atoms with van der Waals surface area (Å²) in [6.45, 7) is 5.52. The van der Waals surface area contributed by atoms with Crippen molar-refractivity contribution in [3.63, 3.8) is 0 Å². The fourth-order valence-corrected chi connectivity index (χ4v) is 4.10. The first-order valence-corrected chi connectivity index (χ1v) is 11.3. The molecule has 3 aromatic rings. The molecule has 1 aliphatic rings. The number of hydrogen-bond acceptors (Lipinski definition) is 3. The molecule has 0 atom stereocenters. The zero-order valence-electron chi connectivity index (χ0n) is 19.0. The Kier molecular flexibility index (Phi) is 6.98. The van der Waals surface area contributed by atoms with Crippen molar-refractivity contribution in [2.24, 2.45) is 0 Å². The van der Waals surface area contributed by atoms with Gasteiger partial charge in [0.1, 0.15) is 11.0 Å². The van der Waals surface area contributed by atoms with Gasteiger partial charge >= 0.3 is 6.03 Å². The van der Waals surface area contributed by atoms with Crippen molar-refractivity contribution >= 4 is 35.3 Å². The van der Waals surface area contributed by atoms with E-state index >= 15 is 0 Å². The largest absolute Gasteiger partial charge is 0.336 e. The molecule has 34 heavy (non-hydrogen) atoms. The highest BCUT2D eigenvalue weighted by molar-refractivity contribution is 6.31. The summed E-state index contributed by atoms with van der Waals surface area (Å²) >= 11 is 6.48. The fourth-order valence-electron chi connectivity index (χ4n) is 3.77. The fraction of sp³-hybridized carbons (Fsp3) is 0.240. The summed E-state index contributed by atoms with van der Waals surface area (Å²) < 4.78 is 14.7. The lowest BCUT2D eigenvalue weighted by Gasteiger charge is -2.34. The van der Waals surface area contributed by atoms with Crippen molar-refractivity contribution < 1.29 is 14.0 Å². The average Bonchev–Trinajstić information content (AvgIpc) is 3.11. The molecule has 2 aromatic carbocycles. The Morgan fingerprint density at radius 2 is 1.71 bits per heavy atom. The molecule has 0 saturated carbocycles. The van der Waals surface area contributed by atoms with Crippen LogP contribution in [0.15, 0.2) is 54.6 Å². The van der Waals surface area contributed by atoms with Gasteiger partial charge < -0.3 is 15.1 Å². The van der Waals surface area contributed by atoms with Crippen LogP contribution in [0.3, 0.4) is 0 Å². The van der Waals surface area contributed by atoms with Crippen molar-refractivity contribution in [3.05, 3.63) is 82.4 Å². The van der Waals surface area contributed by atoms with E-state index in [1.54, 1.807) is 34.9 Å². The standard InChI is InChI=1S/C25H25ClFN5O2/c1-17-4-3-5-20(16-17)28-25(34)31-14-12-30(13-15-31)23(33)11-10-22-18(2)29-32(24(22)26)21-8-6-19(27)7-9-21/h3-11,16H,12-15H2,1-2H3,(H,28,34)/b11-10+. The van der Waals surface area contributed by atoms with Crippen molar-refractivity contribution in [1.29, 1.82) is 0 Å². The summed E-state index contributed by atoms with van der Waals surface area (Å²) in [5.41, 5.74) is 3.71. The highest BCUT2D eigenvalue weighted by atomic mass is 35.5. The number of halogens is 2. The highest BCUT2D eigenvalue weighted by Gasteiger charge is 2.23. The Bertz CT molecular complexity index is 1230. The smallest absolute Gasteiger partial charge is 0.321 e. The number of anilines is 1. The van der Waals surface area contributed by atoms with Gasteiger partial charge in [-0.25, -0.2) is 13.9 Å². The third kappa shape index (κ3) is 5.28. The van der Waals surface area contributed by atoms with Crippen LogP contribution in [0.1, 0.15) is 16.8 Å². The van der Waals surface area contributed by atoms with Crippen LogP contribution in [0.5, 0.6) is 0 Å². The quantitative estimate of drug-likeness (QED) is 0.550. The summed E-state index contributed by atoms with van der Waals surface area (Å²) in [5.74, 6) is -0.508. The lowest BCUT2D eigenvalue weighted by Crippen LogP contribution is -2.51. The van der Waals surface area contributed by atoms with Crippen LogP contribution < -0.4 is 5.32 Å². The normalized spacial score (nSPS) is 14.0. The van der Waals surface area contributed by atoms with Gasteiger partial charge in [-0.2, -0.15) is 5.10 Å². The molecule has 176 valence electrons. The van der Waals surface area contributed by atoms with E-state index < -0.39 is 0 Å². The van der Waals surface area contributed by atoms with Gasteiger partial charge in [0.05, 0.1) is 11.4 Å². The molecule has 1 fully saturated rings. The zero-order chi connectivity index (χ0) is 24.2. The van der Waals surface area contributed by atoms with E-state index in [1.807, 2.05) is 31.2 Å². The molecule has 7 nitrogen and oxygen atoms in total. The number of urea groups is 1. The summed E-state index contributed by atoms with van der Waals surface area (Å²) in [7, 11) is 0. The van der Waals surface area contributed by atoms with E-state index in [2.05, 4.69) is 10.4 Å². The number of nitrogens with zero attached hydrogens (tertiary/aromatic N) is 4. The van der Waals surface area contributed by atoms with Gasteiger partial charge in [0, 0.05) is 43.5 Å². The lowest BCUT2D eigenvalue weighted by atomic mass is 10.2. The molecule has 0 bridgehead atoms. The summed E-state index contributed by atoms with van der Waals surface area (Å²) in [4.78, 5) is 28.6. The molecule has 0 aliphatic carbocycles. The van der Waals surface area contributed by atoms with Gasteiger partial charge in [0.15, 0.2) is 0 Å². The van der Waals surface area contributed by atoms with Crippen LogP contribution >= 0.6 is 11.6 Å². The van der Waals surface area contributed by atoms with E-state index in [-0.39, 0.29) is 17.8 Å². The molecule has 1 saturated heterocycles. The topological polar surface area (TPSA) is 70.5 Å². The van der Waals surface area contributed by atoms with E-state index in [1.165, 1.54) is 22.9 Å². The van der Waals surface area contributed by atoms with E-state index in [9.17, 15) is 14.0 Å². The molecule has 1 N–H and O–H groups in total. The lowest BCUT2D eigenvalue weighted by molar-refractivity contribution is -0.127. The summed E-state index contributed by atoms with van der Waals surface area (Å²) in [5, 5.41) is 7.64. The predicted octanol–water partition coefficient (Wildman–Crippen LogP) is 4.67. The van der Waals surface area contributed by atoms with Gasteiger partial charge in [-0.3, -0.25) is 4.79 Å². The van der Waals surface area contributed by atoms with Crippen molar-refractivity contribution in [2.45, 2.75) is 13.8 Å². The Labute approximate surface area is 202 Å². The third-order valence-corrected chi connectivity index (χ3v) is 6.02. The third-order valence-electron chi connectivity index (χ3n) is 5.66. The molecule has 0 unspecified atom stereocenters. The number of aryl methyl sites for hydroxylation is 2. The number of carbonyl (C=O) groups excluding carboxylic acids is 2. The van der Waals surface area contributed by atoms with Crippen molar-refractivity contribution in [2.75, 3.05) is 31.5 Å². The molecule has 4 rings (SSSR count). The molecule has 0 radical (unpaired) electrons. The van der Waals surface area contributed by atoms with Crippen LogP contribution in [0, 0.1) is 19.7 Å². The van der Waals surface area contributed by atoms with Gasteiger partial charge in [0.25, 0.3) is 0 Å². The minimum Gasteiger partial charge on any atom is -0.336 e. The first-order chi connectivity index (χ1) is 16.3. The number of amides is 3. The van der Waals surface area contributed by atoms with E-state index in [0.29, 0.717) is 48.3 Å². The second-order valence-corrected chi connectivity index (χ2v) is 8.48. The van der Waals surface area contributed by atoms with Gasteiger partial charge in [-0.05, 0) is 61.9 Å². The Morgan fingerprint density at radius 1 is 1.03 bits per heavy atom. The highest BCUT2D eigenvalue weighted by Crippen LogP contribution is 2.25. The van der Waals surface area contributed by atoms with Crippen LogP contribution in [-0.4, -0.2) is 57.7 Å². The van der Waals surface area contributed by atoms with Crippen LogP contribution in [0.4, 0.5) is 14.9 Å². The maximum atomic E-state index is 13.2. The predicted molar refractivity (Wildman–Crippen MR) is 131 cm³/mol. The first-order valence-electron chi connectivity index (χ1n) is 10.9. The molecule has 1 aliphatic heterocycles. The molecular formula is C25H25ClFN5O2. The summed E-state index contributed by atoms with van der Waals surface area (Å²) in [6.07, 6.45) is 3.11. The second-order valence-electron chi connectivity index (χ2n) is 8.12. The molecule has 9 heteroatoms. The number of piperazine rings is 1. The Hall–Kier alpha value is -3.65. The number of rotatable bonds is 4. The number of aromatic nitrogens is 2. The average molecular weight is 482 g/mol. The second kappa shape index (κ2) is 10.1. The van der Waals surface area contributed by atoms with Crippen LogP contribution in [0.2, 0.25) is 5.15 Å². The van der Waals surface area contributed by atoms with Crippen molar-refractivity contribution in [3.8, 4) is 5.69 Å². The number of carbonyl (C=O) groups is 2. The van der Waals surface area contributed by atoms with Crippen LogP contribution in [0.25, 0.3) is 11.8 Å². The number of nitrogens with one attached hydrogen (secondary N) is 1. The van der Waals surface area contributed by atoms with Gasteiger partial charge in [0.2, 0.25) is 5.91 Å². The first kappa shape index (κ1) is 23.5. The van der Waals surface area contributed by atoms with E-state index in [4.69, 9.17) is 11.6 Å². The maximum Gasteiger partial charge on any atom is 0.321 e. The maximum absolute atomic E-state index is 13.2. The van der Waals surface area contributed by atoms with Crippen molar-refractivity contribution in [1.82, 2.24) is 19.6 Å². The summed E-state index contributed by atoms with van der Waals surface area (Å²) in [6, 6.07) is 13.3. The number of benzene rings is 2. The Balaban J connectivity index is 1.35. The molecule has 0 spiro atoms. The SMILES string of the molecule is Cc1cccc(NC(=O)N2CCN(C(=O)/C=C/c3c(C)nn(-c4ccc(F)cc4)c3Cl)CC2)c1. The van der Waals surface area contributed by atoms with Gasteiger partial charge in [-0.15, -0.1) is 0 Å². The minimum atomic E-state index is -0.345.